The number of carbonyl (C=O) groups is 2. The summed E-state index contributed by atoms with van der Waals surface area (Å²) in [5.74, 6) is -1.84. The minimum Gasteiger partial charge on any atom is -0.481 e. The van der Waals surface area contributed by atoms with Crippen molar-refractivity contribution in [1.82, 2.24) is 14.7 Å². The second kappa shape index (κ2) is 7.71. The van der Waals surface area contributed by atoms with Gasteiger partial charge in [0, 0.05) is 18.8 Å². The molecule has 8 heteroatoms. The van der Waals surface area contributed by atoms with E-state index in [9.17, 15) is 24.2 Å². The molecule has 0 saturated carbocycles. The predicted molar refractivity (Wildman–Crippen MR) is 99.1 cm³/mol. The lowest BCUT2D eigenvalue weighted by Crippen LogP contribution is -2.58. The number of halogens is 1. The van der Waals surface area contributed by atoms with Gasteiger partial charge in [-0.2, -0.15) is 5.10 Å². The third kappa shape index (κ3) is 3.91. The van der Waals surface area contributed by atoms with Crippen LogP contribution in [0.5, 0.6) is 0 Å². The van der Waals surface area contributed by atoms with Crippen LogP contribution >= 0.6 is 0 Å². The minimum atomic E-state index is -1.54. The molecule has 2 aromatic rings. The lowest BCUT2D eigenvalue weighted by molar-refractivity contribution is -0.166. The van der Waals surface area contributed by atoms with Gasteiger partial charge in [-0.3, -0.25) is 14.3 Å². The van der Waals surface area contributed by atoms with E-state index in [0.29, 0.717) is 5.56 Å². The van der Waals surface area contributed by atoms with Crippen LogP contribution in [-0.2, 0) is 22.6 Å². The van der Waals surface area contributed by atoms with Crippen LogP contribution in [0, 0.1) is 25.1 Å². The smallest absolute Gasteiger partial charge is 0.314 e. The van der Waals surface area contributed by atoms with E-state index in [-0.39, 0.29) is 38.4 Å². The Morgan fingerprint density at radius 3 is 2.54 bits per heavy atom. The Hall–Kier alpha value is -2.74. The summed E-state index contributed by atoms with van der Waals surface area (Å²) in [5, 5.41) is 24.7. The Balaban J connectivity index is 1.81. The fourth-order valence-corrected chi connectivity index (χ4v) is 3.78. The fraction of sp³-hybridized carbons (Fsp3) is 0.450. The van der Waals surface area contributed by atoms with E-state index in [1.807, 2.05) is 19.9 Å². The van der Waals surface area contributed by atoms with E-state index in [2.05, 4.69) is 5.10 Å². The molecule has 28 heavy (non-hydrogen) atoms. The number of likely N-dealkylation sites (tertiary alicyclic amines) is 1. The highest BCUT2D eigenvalue weighted by molar-refractivity contribution is 5.80. The van der Waals surface area contributed by atoms with Crippen molar-refractivity contribution < 1.29 is 24.2 Å². The normalized spacial score (nSPS) is 22.3. The number of aliphatic hydroxyl groups excluding tert-OH is 1. The molecule has 150 valence electrons. The summed E-state index contributed by atoms with van der Waals surface area (Å²) in [4.78, 5) is 26.4. The van der Waals surface area contributed by atoms with Crippen molar-refractivity contribution in [2.45, 2.75) is 39.3 Å². The molecule has 1 aromatic heterocycles. The molecule has 1 aromatic carbocycles. The highest BCUT2D eigenvalue weighted by Crippen LogP contribution is 2.35. The van der Waals surface area contributed by atoms with Crippen molar-refractivity contribution in [3.05, 3.63) is 53.1 Å². The van der Waals surface area contributed by atoms with Gasteiger partial charge >= 0.3 is 5.97 Å². The van der Waals surface area contributed by atoms with Gasteiger partial charge < -0.3 is 15.1 Å². The monoisotopic (exact) mass is 389 g/mol. The van der Waals surface area contributed by atoms with Gasteiger partial charge in [0.1, 0.15) is 17.8 Å². The zero-order valence-electron chi connectivity index (χ0n) is 15.9. The summed E-state index contributed by atoms with van der Waals surface area (Å²) in [5.41, 5.74) is 0.700. The first-order valence-corrected chi connectivity index (χ1v) is 9.16. The van der Waals surface area contributed by atoms with E-state index < -0.39 is 23.3 Å². The standard InChI is InChI=1S/C20H24FN3O4/c1-13-9-14(2)24(22-13)11-18(26)23-8-7-17(25)20(12-23,19(27)28)10-15-3-5-16(21)6-4-15/h3-6,9,17,25H,7-8,10-12H2,1-2H3,(H,27,28)/t17-,20+/m0/s1. The summed E-state index contributed by atoms with van der Waals surface area (Å²) in [6.07, 6.45) is -0.933. The van der Waals surface area contributed by atoms with E-state index in [1.54, 1.807) is 4.68 Å². The highest BCUT2D eigenvalue weighted by Gasteiger charge is 2.50. The van der Waals surface area contributed by atoms with E-state index in [4.69, 9.17) is 0 Å². The molecule has 0 bridgehead atoms. The molecule has 0 unspecified atom stereocenters. The SMILES string of the molecule is Cc1cc(C)n(CC(=O)N2CC[C@H](O)[C@](Cc3ccc(F)cc3)(C(=O)O)C2)n1. The zero-order valence-corrected chi connectivity index (χ0v) is 15.9. The number of piperidine rings is 1. The fourth-order valence-electron chi connectivity index (χ4n) is 3.78. The second-order valence-corrected chi connectivity index (χ2v) is 7.47. The lowest BCUT2D eigenvalue weighted by atomic mass is 9.73. The van der Waals surface area contributed by atoms with Crippen molar-refractivity contribution in [3.8, 4) is 0 Å². The van der Waals surface area contributed by atoms with Crippen LogP contribution in [0.2, 0.25) is 0 Å². The van der Waals surface area contributed by atoms with Crippen LogP contribution in [0.25, 0.3) is 0 Å². The van der Waals surface area contributed by atoms with E-state index >= 15 is 0 Å². The summed E-state index contributed by atoms with van der Waals surface area (Å²) in [6.45, 7) is 3.87. The molecule has 0 aliphatic carbocycles. The number of carboxylic acid groups (broad SMARTS) is 1. The predicted octanol–water partition coefficient (Wildman–Crippen LogP) is 1.55. The molecule has 0 spiro atoms. The summed E-state index contributed by atoms with van der Waals surface area (Å²) in [7, 11) is 0. The molecule has 2 heterocycles. The molecule has 0 radical (unpaired) electrons. The molecule has 1 aliphatic rings. The van der Waals surface area contributed by atoms with Crippen molar-refractivity contribution in [3.63, 3.8) is 0 Å². The van der Waals surface area contributed by atoms with Gasteiger partial charge in [-0.25, -0.2) is 4.39 Å². The Morgan fingerprint density at radius 1 is 1.29 bits per heavy atom. The van der Waals surface area contributed by atoms with Gasteiger partial charge in [0.15, 0.2) is 0 Å². The number of hydrogen-bond acceptors (Lipinski definition) is 4. The maximum atomic E-state index is 13.2. The first-order valence-electron chi connectivity index (χ1n) is 9.16. The van der Waals surface area contributed by atoms with Crippen LogP contribution in [0.15, 0.2) is 30.3 Å². The van der Waals surface area contributed by atoms with Crippen molar-refractivity contribution in [1.29, 1.82) is 0 Å². The first-order chi connectivity index (χ1) is 13.2. The minimum absolute atomic E-state index is 0.00741. The number of rotatable bonds is 5. The molecule has 1 aliphatic heterocycles. The van der Waals surface area contributed by atoms with Crippen molar-refractivity contribution in [2.24, 2.45) is 5.41 Å². The number of carboxylic acids is 1. The number of nitrogens with zero attached hydrogens (tertiary/aromatic N) is 3. The average molecular weight is 389 g/mol. The first kappa shape index (κ1) is 20.0. The van der Waals surface area contributed by atoms with Gasteiger partial charge in [-0.1, -0.05) is 12.1 Å². The molecule has 1 amide bonds. The molecular formula is C20H24FN3O4. The molecule has 1 saturated heterocycles. The zero-order chi connectivity index (χ0) is 20.5. The maximum Gasteiger partial charge on any atom is 0.314 e. The maximum absolute atomic E-state index is 13.2. The van der Waals surface area contributed by atoms with Gasteiger partial charge in [0.2, 0.25) is 5.91 Å². The van der Waals surface area contributed by atoms with Crippen LogP contribution in [0.3, 0.4) is 0 Å². The highest BCUT2D eigenvalue weighted by atomic mass is 19.1. The molecule has 3 rings (SSSR count). The van der Waals surface area contributed by atoms with Crippen molar-refractivity contribution >= 4 is 11.9 Å². The van der Waals surface area contributed by atoms with Crippen LogP contribution in [0.1, 0.15) is 23.4 Å². The summed E-state index contributed by atoms with van der Waals surface area (Å²) >= 11 is 0. The van der Waals surface area contributed by atoms with E-state index in [1.165, 1.54) is 29.2 Å². The topological polar surface area (TPSA) is 95.7 Å². The molecule has 1 fully saturated rings. The largest absolute Gasteiger partial charge is 0.481 e. The van der Waals surface area contributed by atoms with Crippen LogP contribution < -0.4 is 0 Å². The van der Waals surface area contributed by atoms with Gasteiger partial charge in [0.05, 0.1) is 11.8 Å². The molecular weight excluding hydrogens is 365 g/mol. The second-order valence-electron chi connectivity index (χ2n) is 7.47. The van der Waals surface area contributed by atoms with Gasteiger partial charge in [0.25, 0.3) is 0 Å². The Labute approximate surface area is 162 Å². The number of aliphatic hydroxyl groups is 1. The molecule has 7 nitrogen and oxygen atoms in total. The third-order valence-corrected chi connectivity index (χ3v) is 5.38. The number of hydrogen-bond donors (Lipinski definition) is 2. The van der Waals surface area contributed by atoms with Crippen LogP contribution in [0.4, 0.5) is 4.39 Å². The summed E-state index contributed by atoms with van der Waals surface area (Å²) < 4.78 is 14.8. The molecule has 2 atom stereocenters. The third-order valence-electron chi connectivity index (χ3n) is 5.38. The van der Waals surface area contributed by atoms with Gasteiger partial charge in [-0.15, -0.1) is 0 Å². The number of carbonyl (C=O) groups excluding carboxylic acids is 1. The number of aliphatic carboxylic acids is 1. The number of benzene rings is 1. The van der Waals surface area contributed by atoms with Gasteiger partial charge in [-0.05, 0) is 50.5 Å². The number of amides is 1. The Bertz CT molecular complexity index is 880. The molecule has 2 N–H and O–H groups in total. The Kier molecular flexibility index (Phi) is 5.51. The summed E-state index contributed by atoms with van der Waals surface area (Å²) in [6, 6.07) is 7.38. The Morgan fingerprint density at radius 2 is 1.96 bits per heavy atom. The van der Waals surface area contributed by atoms with Crippen molar-refractivity contribution in [2.75, 3.05) is 13.1 Å². The number of aryl methyl sites for hydroxylation is 2. The van der Waals surface area contributed by atoms with Crippen LogP contribution in [-0.4, -0.2) is 56.0 Å². The van der Waals surface area contributed by atoms with E-state index in [0.717, 1.165) is 11.4 Å². The lowest BCUT2D eigenvalue weighted by Gasteiger charge is -2.43. The quantitative estimate of drug-likeness (QED) is 0.809. The average Bonchev–Trinajstić information content (AvgIpc) is 2.95. The number of aromatic nitrogens is 2.